The normalized spacial score (nSPS) is 38.5. The van der Waals surface area contributed by atoms with E-state index in [1.165, 1.54) is 0 Å². The van der Waals surface area contributed by atoms with Gasteiger partial charge in [-0.25, -0.2) is 13.2 Å². The van der Waals surface area contributed by atoms with Crippen molar-refractivity contribution in [1.82, 2.24) is 4.90 Å². The van der Waals surface area contributed by atoms with Gasteiger partial charge in [0.2, 0.25) is 5.91 Å². The summed E-state index contributed by atoms with van der Waals surface area (Å²) in [6.07, 6.45) is -0.241. The van der Waals surface area contributed by atoms with Crippen LogP contribution in [0.1, 0.15) is 20.3 Å². The smallest absolute Gasteiger partial charge is 0.328 e. The van der Waals surface area contributed by atoms with E-state index in [0.717, 1.165) is 18.7 Å². The first-order chi connectivity index (χ1) is 7.65. The average Bonchev–Trinajstić information content (AvgIpc) is 2.33. The number of nitrogens with zero attached hydrogens (tertiary/aromatic N) is 1. The molecule has 7 nitrogen and oxygen atoms in total. The summed E-state index contributed by atoms with van der Waals surface area (Å²) in [6.45, 7) is 2.11. The summed E-state index contributed by atoms with van der Waals surface area (Å²) in [4.78, 5) is 34.8. The lowest BCUT2D eigenvalue weighted by Crippen LogP contribution is -2.58. The maximum Gasteiger partial charge on any atom is 0.328 e. The molecule has 0 aromatic carbocycles. The molecule has 3 atom stereocenters. The highest BCUT2D eigenvalue weighted by molar-refractivity contribution is 7.94. The van der Waals surface area contributed by atoms with Gasteiger partial charge in [-0.1, -0.05) is 0 Å². The molecular weight excluding hydrogens is 250 g/mol. The van der Waals surface area contributed by atoms with Crippen LogP contribution < -0.4 is 0 Å². The predicted octanol–water partition coefficient (Wildman–Crippen LogP) is -1.23. The second-order valence-corrected chi connectivity index (χ2v) is 6.89. The number of fused-ring (bicyclic) bond motifs is 1. The molecule has 1 amide bonds. The minimum atomic E-state index is -3.98. The van der Waals surface area contributed by atoms with Crippen LogP contribution in [0.25, 0.3) is 0 Å². The first-order valence-corrected chi connectivity index (χ1v) is 6.48. The Hall–Kier alpha value is -1.44. The van der Waals surface area contributed by atoms with E-state index in [4.69, 9.17) is 5.11 Å². The highest BCUT2D eigenvalue weighted by Crippen LogP contribution is 2.46. The molecule has 0 radical (unpaired) electrons. The standard InChI is InChI=1S/C9H11NO6S/c1-4(11)9(2)7(8(13)14)10-5(12)3-6(10)17(9,15)16/h6-7H,3H2,1-2H3,(H,13,14)/t6-,7+,9+/m1/s1. The maximum atomic E-state index is 12.1. The third kappa shape index (κ3) is 1.11. The zero-order valence-electron chi connectivity index (χ0n) is 9.21. The summed E-state index contributed by atoms with van der Waals surface area (Å²) in [7, 11) is -3.98. The number of hydrogen-bond donors (Lipinski definition) is 1. The minimum absolute atomic E-state index is 0.241. The molecule has 2 heterocycles. The van der Waals surface area contributed by atoms with Crippen molar-refractivity contribution >= 4 is 27.5 Å². The number of carboxylic acid groups (broad SMARTS) is 1. The molecule has 2 aliphatic heterocycles. The van der Waals surface area contributed by atoms with E-state index in [-0.39, 0.29) is 6.42 Å². The lowest BCUT2D eigenvalue weighted by Gasteiger charge is -2.35. The first-order valence-electron chi connectivity index (χ1n) is 4.94. The molecule has 0 bridgehead atoms. The highest BCUT2D eigenvalue weighted by Gasteiger charge is 2.71. The molecule has 2 fully saturated rings. The van der Waals surface area contributed by atoms with Crippen molar-refractivity contribution in [1.29, 1.82) is 0 Å². The van der Waals surface area contributed by atoms with Crippen LogP contribution in [-0.2, 0) is 24.2 Å². The Kier molecular flexibility index (Phi) is 2.17. The number of carbonyl (C=O) groups excluding carboxylic acids is 2. The van der Waals surface area contributed by atoms with Crippen LogP contribution in [0.5, 0.6) is 0 Å². The molecule has 0 saturated carbocycles. The summed E-state index contributed by atoms with van der Waals surface area (Å²) in [6, 6.07) is -1.61. The van der Waals surface area contributed by atoms with Gasteiger partial charge in [-0.2, -0.15) is 0 Å². The molecule has 0 aliphatic carbocycles. The number of ketones is 1. The van der Waals surface area contributed by atoms with Gasteiger partial charge in [-0.3, -0.25) is 9.59 Å². The van der Waals surface area contributed by atoms with Crippen molar-refractivity contribution in [3.63, 3.8) is 0 Å². The number of hydrogen-bond acceptors (Lipinski definition) is 5. The van der Waals surface area contributed by atoms with E-state index in [2.05, 4.69) is 0 Å². The van der Waals surface area contributed by atoms with Crippen molar-refractivity contribution in [2.45, 2.75) is 36.4 Å². The van der Waals surface area contributed by atoms with Gasteiger partial charge in [0.25, 0.3) is 0 Å². The quantitative estimate of drug-likeness (QED) is 0.624. The molecule has 94 valence electrons. The van der Waals surface area contributed by atoms with E-state index in [1.54, 1.807) is 0 Å². The SMILES string of the molecule is CC(=O)[C@@]1(C)[C@H](C(=O)O)N2C(=O)C[C@H]2S1(=O)=O. The zero-order valence-corrected chi connectivity index (χ0v) is 10.0. The fraction of sp³-hybridized carbons (Fsp3) is 0.667. The number of Topliss-reactive ketones (excluding diaryl/α,β-unsaturated/α-hetero) is 1. The number of sulfone groups is 1. The molecule has 8 heteroatoms. The molecule has 0 aromatic rings. The summed E-state index contributed by atoms with van der Waals surface area (Å²) < 4.78 is 22.2. The van der Waals surface area contributed by atoms with Crippen LogP contribution in [0.3, 0.4) is 0 Å². The summed E-state index contributed by atoms with van der Waals surface area (Å²) >= 11 is 0. The van der Waals surface area contributed by atoms with Crippen LogP contribution in [0.15, 0.2) is 0 Å². The van der Waals surface area contributed by atoms with Crippen molar-refractivity contribution in [3.8, 4) is 0 Å². The fourth-order valence-corrected chi connectivity index (χ4v) is 4.81. The van der Waals surface area contributed by atoms with Crippen molar-refractivity contribution in [2.24, 2.45) is 0 Å². The topological polar surface area (TPSA) is 109 Å². The Labute approximate surface area is 97.3 Å². The molecule has 2 aliphatic rings. The molecule has 2 saturated heterocycles. The van der Waals surface area contributed by atoms with Crippen LogP contribution in [0, 0.1) is 0 Å². The third-order valence-electron chi connectivity index (χ3n) is 3.63. The third-order valence-corrected chi connectivity index (χ3v) is 6.43. The number of carboxylic acids is 1. The van der Waals surface area contributed by atoms with Crippen LogP contribution in [-0.4, -0.2) is 52.2 Å². The fourth-order valence-electron chi connectivity index (χ4n) is 2.42. The molecule has 1 N–H and O–H groups in total. The van der Waals surface area contributed by atoms with Crippen LogP contribution in [0.2, 0.25) is 0 Å². The molecule has 17 heavy (non-hydrogen) atoms. The molecule has 2 rings (SSSR count). The van der Waals surface area contributed by atoms with E-state index in [0.29, 0.717) is 0 Å². The van der Waals surface area contributed by atoms with Crippen LogP contribution in [0.4, 0.5) is 0 Å². The van der Waals surface area contributed by atoms with E-state index in [1.807, 2.05) is 0 Å². The van der Waals surface area contributed by atoms with E-state index < -0.39 is 43.7 Å². The van der Waals surface area contributed by atoms with Gasteiger partial charge in [0, 0.05) is 0 Å². The molecular formula is C9H11NO6S. The van der Waals surface area contributed by atoms with Gasteiger partial charge in [0.15, 0.2) is 26.4 Å². The number of amides is 1. The van der Waals surface area contributed by atoms with Gasteiger partial charge < -0.3 is 10.0 Å². The van der Waals surface area contributed by atoms with Gasteiger partial charge in [0.05, 0.1) is 6.42 Å². The largest absolute Gasteiger partial charge is 0.480 e. The first kappa shape index (κ1) is 12.0. The second-order valence-electron chi connectivity index (χ2n) is 4.41. The summed E-state index contributed by atoms with van der Waals surface area (Å²) in [5.41, 5.74) is 0. The van der Waals surface area contributed by atoms with Gasteiger partial charge in [0.1, 0.15) is 5.37 Å². The number of β-lactam (4-membered cyclic amide) rings is 1. The highest BCUT2D eigenvalue weighted by atomic mass is 32.2. The van der Waals surface area contributed by atoms with Crippen molar-refractivity contribution < 1.29 is 27.9 Å². The Balaban J connectivity index is 2.67. The monoisotopic (exact) mass is 261 g/mol. The lowest BCUT2D eigenvalue weighted by atomic mass is 9.93. The Bertz CT molecular complexity index is 538. The maximum absolute atomic E-state index is 12.1. The molecule has 0 aromatic heterocycles. The number of carbonyl (C=O) groups is 3. The summed E-state index contributed by atoms with van der Waals surface area (Å²) in [5.74, 6) is -2.77. The Morgan fingerprint density at radius 1 is 1.47 bits per heavy atom. The number of rotatable bonds is 2. The zero-order chi connectivity index (χ0) is 13.2. The minimum Gasteiger partial charge on any atom is -0.480 e. The predicted molar refractivity (Wildman–Crippen MR) is 54.7 cm³/mol. The van der Waals surface area contributed by atoms with Gasteiger partial charge >= 0.3 is 5.97 Å². The Morgan fingerprint density at radius 2 is 2.00 bits per heavy atom. The Morgan fingerprint density at radius 3 is 2.35 bits per heavy atom. The number of aliphatic carboxylic acids is 1. The van der Waals surface area contributed by atoms with Crippen LogP contribution >= 0.6 is 0 Å². The second kappa shape index (κ2) is 3.06. The summed E-state index contributed by atoms with van der Waals surface area (Å²) in [5, 5.41) is 7.90. The van der Waals surface area contributed by atoms with Crippen molar-refractivity contribution in [3.05, 3.63) is 0 Å². The molecule has 0 unspecified atom stereocenters. The average molecular weight is 261 g/mol. The van der Waals surface area contributed by atoms with E-state index >= 15 is 0 Å². The van der Waals surface area contributed by atoms with Gasteiger partial charge in [-0.15, -0.1) is 0 Å². The lowest BCUT2D eigenvalue weighted by molar-refractivity contribution is -0.158. The van der Waals surface area contributed by atoms with Gasteiger partial charge in [-0.05, 0) is 13.8 Å². The van der Waals surface area contributed by atoms with Crippen molar-refractivity contribution in [2.75, 3.05) is 0 Å². The van der Waals surface area contributed by atoms with E-state index in [9.17, 15) is 22.8 Å². The molecule has 0 spiro atoms.